The molecule has 2 aromatic heterocycles. The molecule has 1 fully saturated rings. The van der Waals surface area contributed by atoms with Gasteiger partial charge in [-0.2, -0.15) is 0 Å². The minimum Gasteiger partial charge on any atom is -0.437 e. The third kappa shape index (κ3) is 5.35. The largest absolute Gasteiger partial charge is 0.437 e. The van der Waals surface area contributed by atoms with Crippen molar-refractivity contribution in [2.75, 3.05) is 26.7 Å². The number of amides is 2. The predicted molar refractivity (Wildman–Crippen MR) is 124 cm³/mol. The summed E-state index contributed by atoms with van der Waals surface area (Å²) in [6.07, 6.45) is 3.16. The van der Waals surface area contributed by atoms with Crippen molar-refractivity contribution in [3.63, 3.8) is 0 Å². The third-order valence-electron chi connectivity index (χ3n) is 5.62. The second-order valence-electron chi connectivity index (χ2n) is 7.94. The van der Waals surface area contributed by atoms with Crippen LogP contribution in [0, 0.1) is 6.92 Å². The molecule has 1 saturated heterocycles. The standard InChI is InChI=1S/C25H27N5O3/c1-18-10-11-20(15-28-18)33-24-21(9-6-12-27-24)25(32)30-14-13-29(17-22(30)23(31)26-2)16-19-7-4-3-5-8-19/h3-12,15,22H,13-14,16-17H2,1-2H3,(H,26,31). The van der Waals surface area contributed by atoms with Crippen molar-refractivity contribution in [1.82, 2.24) is 25.1 Å². The molecule has 1 atom stereocenters. The van der Waals surface area contributed by atoms with Crippen LogP contribution in [-0.4, -0.2) is 64.3 Å². The van der Waals surface area contributed by atoms with E-state index in [0.717, 1.165) is 12.2 Å². The minimum absolute atomic E-state index is 0.190. The Balaban J connectivity index is 1.54. The number of nitrogens with zero attached hydrogens (tertiary/aromatic N) is 4. The molecule has 2 amide bonds. The number of benzene rings is 1. The van der Waals surface area contributed by atoms with Crippen LogP contribution in [0.4, 0.5) is 0 Å². The summed E-state index contributed by atoms with van der Waals surface area (Å²) in [7, 11) is 1.59. The van der Waals surface area contributed by atoms with Crippen molar-refractivity contribution in [2.24, 2.45) is 0 Å². The van der Waals surface area contributed by atoms with Crippen LogP contribution < -0.4 is 10.1 Å². The summed E-state index contributed by atoms with van der Waals surface area (Å²) in [6, 6.07) is 16.4. The first-order valence-corrected chi connectivity index (χ1v) is 10.9. The van der Waals surface area contributed by atoms with Crippen LogP contribution >= 0.6 is 0 Å². The first-order chi connectivity index (χ1) is 16.0. The highest BCUT2D eigenvalue weighted by molar-refractivity contribution is 5.99. The molecule has 1 aromatic carbocycles. The van der Waals surface area contributed by atoms with Crippen LogP contribution in [0.1, 0.15) is 21.6 Å². The number of carbonyl (C=O) groups excluding carboxylic acids is 2. The topological polar surface area (TPSA) is 87.7 Å². The fraction of sp³-hybridized carbons (Fsp3) is 0.280. The maximum atomic E-state index is 13.6. The molecule has 0 saturated carbocycles. The smallest absolute Gasteiger partial charge is 0.260 e. The summed E-state index contributed by atoms with van der Waals surface area (Å²) in [5.41, 5.74) is 2.34. The maximum Gasteiger partial charge on any atom is 0.260 e. The van der Waals surface area contributed by atoms with Crippen molar-refractivity contribution in [3.8, 4) is 11.6 Å². The molecule has 33 heavy (non-hydrogen) atoms. The normalized spacial score (nSPS) is 16.3. The summed E-state index contributed by atoms with van der Waals surface area (Å²) in [6.45, 7) is 4.13. The number of pyridine rings is 2. The molecule has 8 nitrogen and oxygen atoms in total. The molecule has 0 radical (unpaired) electrons. The molecule has 3 heterocycles. The van der Waals surface area contributed by atoms with Crippen LogP contribution in [0.25, 0.3) is 0 Å². The lowest BCUT2D eigenvalue weighted by Crippen LogP contribution is -2.60. The lowest BCUT2D eigenvalue weighted by atomic mass is 10.1. The first-order valence-electron chi connectivity index (χ1n) is 10.9. The second-order valence-corrected chi connectivity index (χ2v) is 7.94. The van der Waals surface area contributed by atoms with Crippen LogP contribution in [0.2, 0.25) is 0 Å². The molecule has 0 bridgehead atoms. The van der Waals surface area contributed by atoms with E-state index in [0.29, 0.717) is 30.9 Å². The maximum absolute atomic E-state index is 13.6. The lowest BCUT2D eigenvalue weighted by molar-refractivity contribution is -0.127. The number of hydrogen-bond acceptors (Lipinski definition) is 6. The number of likely N-dealkylation sites (N-methyl/N-ethyl adjacent to an activating group) is 1. The van der Waals surface area contributed by atoms with Crippen LogP contribution in [0.5, 0.6) is 11.6 Å². The van der Waals surface area contributed by atoms with Gasteiger partial charge in [-0.3, -0.25) is 19.5 Å². The number of piperazine rings is 1. The quantitative estimate of drug-likeness (QED) is 0.628. The third-order valence-corrected chi connectivity index (χ3v) is 5.62. The van der Waals surface area contributed by atoms with E-state index < -0.39 is 6.04 Å². The van der Waals surface area contributed by atoms with E-state index in [1.165, 1.54) is 5.56 Å². The number of carbonyl (C=O) groups is 2. The van der Waals surface area contributed by atoms with Crippen molar-refractivity contribution in [2.45, 2.75) is 19.5 Å². The van der Waals surface area contributed by atoms with Gasteiger partial charge in [-0.05, 0) is 36.8 Å². The number of hydrogen-bond donors (Lipinski definition) is 1. The Kier molecular flexibility index (Phi) is 6.95. The molecular formula is C25H27N5O3. The minimum atomic E-state index is -0.617. The van der Waals surface area contributed by atoms with Gasteiger partial charge in [0.2, 0.25) is 11.8 Å². The molecule has 0 aliphatic carbocycles. The average molecular weight is 446 g/mol. The van der Waals surface area contributed by atoms with Crippen molar-refractivity contribution in [1.29, 1.82) is 0 Å². The highest BCUT2D eigenvalue weighted by atomic mass is 16.5. The molecule has 8 heteroatoms. The van der Waals surface area contributed by atoms with E-state index in [-0.39, 0.29) is 17.7 Å². The van der Waals surface area contributed by atoms with Gasteiger partial charge in [-0.25, -0.2) is 4.98 Å². The highest BCUT2D eigenvalue weighted by Crippen LogP contribution is 2.25. The van der Waals surface area contributed by atoms with E-state index in [9.17, 15) is 9.59 Å². The Hall–Kier alpha value is -3.78. The summed E-state index contributed by atoms with van der Waals surface area (Å²) < 4.78 is 5.87. The molecular weight excluding hydrogens is 418 g/mol. The molecule has 4 rings (SSSR count). The predicted octanol–water partition coefficient (Wildman–Crippen LogP) is 2.65. The Morgan fingerprint density at radius 2 is 1.88 bits per heavy atom. The Bertz CT molecular complexity index is 1100. The fourth-order valence-electron chi connectivity index (χ4n) is 3.87. The number of ether oxygens (including phenoxy) is 1. The van der Waals surface area contributed by atoms with Gasteiger partial charge in [0.1, 0.15) is 17.4 Å². The van der Waals surface area contributed by atoms with Crippen molar-refractivity contribution >= 4 is 11.8 Å². The van der Waals surface area contributed by atoms with Gasteiger partial charge >= 0.3 is 0 Å². The summed E-state index contributed by atoms with van der Waals surface area (Å²) in [4.78, 5) is 38.6. The van der Waals surface area contributed by atoms with Crippen LogP contribution in [0.15, 0.2) is 67.0 Å². The first kappa shape index (κ1) is 22.4. The Morgan fingerprint density at radius 1 is 1.06 bits per heavy atom. The molecule has 0 spiro atoms. The molecule has 170 valence electrons. The van der Waals surface area contributed by atoms with Crippen LogP contribution in [0.3, 0.4) is 0 Å². The Labute approximate surface area is 193 Å². The number of nitrogens with one attached hydrogen (secondary N) is 1. The summed E-state index contributed by atoms with van der Waals surface area (Å²) in [5, 5.41) is 2.70. The zero-order valence-electron chi connectivity index (χ0n) is 18.8. The van der Waals surface area contributed by atoms with Gasteiger partial charge in [0.15, 0.2) is 0 Å². The van der Waals surface area contributed by atoms with Crippen molar-refractivity contribution < 1.29 is 14.3 Å². The monoisotopic (exact) mass is 445 g/mol. The fourth-order valence-corrected chi connectivity index (χ4v) is 3.87. The zero-order valence-corrected chi connectivity index (χ0v) is 18.8. The molecule has 1 aliphatic heterocycles. The van der Waals surface area contributed by atoms with E-state index in [1.54, 1.807) is 42.5 Å². The molecule has 1 N–H and O–H groups in total. The molecule has 1 aliphatic rings. The zero-order chi connectivity index (χ0) is 23.2. The molecule has 3 aromatic rings. The number of aromatic nitrogens is 2. The average Bonchev–Trinajstić information content (AvgIpc) is 2.85. The van der Waals surface area contributed by atoms with Crippen LogP contribution in [-0.2, 0) is 11.3 Å². The van der Waals surface area contributed by atoms with E-state index >= 15 is 0 Å². The second kappa shape index (κ2) is 10.2. The van der Waals surface area contributed by atoms with Crippen molar-refractivity contribution in [3.05, 3.63) is 83.8 Å². The number of rotatable bonds is 6. The molecule has 1 unspecified atom stereocenters. The number of aryl methyl sites for hydroxylation is 1. The lowest BCUT2D eigenvalue weighted by Gasteiger charge is -2.40. The van der Waals surface area contributed by atoms with Gasteiger partial charge in [0.25, 0.3) is 5.91 Å². The van der Waals surface area contributed by atoms with Gasteiger partial charge in [-0.15, -0.1) is 0 Å². The van der Waals surface area contributed by atoms with Gasteiger partial charge < -0.3 is 15.0 Å². The summed E-state index contributed by atoms with van der Waals surface area (Å²) >= 11 is 0. The summed E-state index contributed by atoms with van der Waals surface area (Å²) in [5.74, 6) is 0.195. The van der Waals surface area contributed by atoms with E-state index in [2.05, 4.69) is 32.3 Å². The SMILES string of the molecule is CNC(=O)C1CN(Cc2ccccc2)CCN1C(=O)c1cccnc1Oc1ccc(C)nc1. The van der Waals surface area contributed by atoms with Gasteiger partial charge in [-0.1, -0.05) is 30.3 Å². The highest BCUT2D eigenvalue weighted by Gasteiger charge is 2.36. The van der Waals surface area contributed by atoms with Gasteiger partial charge in [0.05, 0.1) is 6.20 Å². The Morgan fingerprint density at radius 3 is 2.61 bits per heavy atom. The van der Waals surface area contributed by atoms with E-state index in [1.807, 2.05) is 31.2 Å². The van der Waals surface area contributed by atoms with Gasteiger partial charge in [0, 0.05) is 45.1 Å². The van der Waals surface area contributed by atoms with E-state index in [4.69, 9.17) is 4.74 Å².